The van der Waals surface area contributed by atoms with E-state index in [-0.39, 0.29) is 0 Å². The number of hydrogen-bond acceptors (Lipinski definition) is 5. The molecule has 1 amide bonds. The predicted octanol–water partition coefficient (Wildman–Crippen LogP) is 1.28. The van der Waals surface area contributed by atoms with Crippen LogP contribution in [0, 0.1) is 0 Å². The summed E-state index contributed by atoms with van der Waals surface area (Å²) in [6.07, 6.45) is 5.28. The molecule has 0 fully saturated rings. The molecule has 7 heteroatoms. The van der Waals surface area contributed by atoms with Gasteiger partial charge in [-0.3, -0.25) is 4.98 Å². The molecule has 1 aromatic rings. The lowest BCUT2D eigenvalue weighted by Crippen LogP contribution is -2.60. The molecule has 0 bridgehead atoms. The first kappa shape index (κ1) is 13.7. The molecule has 1 aliphatic heterocycles. The van der Waals surface area contributed by atoms with E-state index in [0.29, 0.717) is 11.3 Å². The third-order valence-electron chi connectivity index (χ3n) is 2.78. The Morgan fingerprint density at radius 2 is 2.11 bits per heavy atom. The molecular formula is C12H16BN2O4+. The molecule has 1 aliphatic rings. The van der Waals surface area contributed by atoms with Crippen molar-refractivity contribution >= 4 is 25.1 Å². The van der Waals surface area contributed by atoms with Gasteiger partial charge in [-0.2, -0.15) is 9.19 Å². The highest BCUT2D eigenvalue weighted by Gasteiger charge is 2.56. The van der Waals surface area contributed by atoms with Gasteiger partial charge in [0.15, 0.2) is 5.69 Å². The highest BCUT2D eigenvalue weighted by Crippen LogP contribution is 2.36. The van der Waals surface area contributed by atoms with Gasteiger partial charge in [0.25, 0.3) is 0 Å². The smallest absolute Gasteiger partial charge is 0.415 e. The van der Waals surface area contributed by atoms with E-state index in [1.807, 2.05) is 0 Å². The second-order valence-electron chi connectivity index (χ2n) is 5.35. The molecule has 1 aromatic heterocycles. The molecule has 1 atom stereocenters. The Labute approximate surface area is 111 Å². The number of carbonyl (C=O) groups excluding carboxylic acids is 1. The number of aromatic nitrogens is 1. The molecule has 0 radical (unpaired) electrons. The number of rotatable bonds is 1. The minimum Gasteiger partial charge on any atom is -0.415 e. The van der Waals surface area contributed by atoms with E-state index < -0.39 is 23.3 Å². The third-order valence-corrected chi connectivity index (χ3v) is 2.78. The van der Waals surface area contributed by atoms with Crippen LogP contribution in [0.2, 0.25) is 0 Å². The Kier molecular flexibility index (Phi) is 3.21. The lowest BCUT2D eigenvalue weighted by molar-refractivity contribution is 0.0406. The van der Waals surface area contributed by atoms with Crippen LogP contribution in [0.3, 0.4) is 0 Å². The van der Waals surface area contributed by atoms with E-state index in [0.717, 1.165) is 0 Å². The van der Waals surface area contributed by atoms with Gasteiger partial charge in [0.05, 0.1) is 12.4 Å². The van der Waals surface area contributed by atoms with Crippen molar-refractivity contribution in [2.24, 2.45) is 0 Å². The summed E-state index contributed by atoms with van der Waals surface area (Å²) in [6, 6.07) is 1.69. The summed E-state index contributed by atoms with van der Waals surface area (Å²) in [4.78, 5) is 16.3. The predicted molar refractivity (Wildman–Crippen MR) is 71.5 cm³/mol. The topological polar surface area (TPSA) is 79.7 Å². The summed E-state index contributed by atoms with van der Waals surface area (Å²) in [5.41, 5.74) is 0.358. The zero-order valence-corrected chi connectivity index (χ0v) is 11.1. The van der Waals surface area contributed by atoms with Crippen LogP contribution in [0.1, 0.15) is 26.3 Å². The van der Waals surface area contributed by atoms with Crippen molar-refractivity contribution in [1.29, 1.82) is 0 Å². The average Bonchev–Trinajstić information content (AvgIpc) is 2.67. The van der Waals surface area contributed by atoms with Crippen molar-refractivity contribution in [2.45, 2.75) is 26.4 Å². The third kappa shape index (κ3) is 2.27. The highest BCUT2D eigenvalue weighted by atomic mass is 16.6. The molecule has 0 saturated heterocycles. The SMILES string of the molecule is CC(C)(C)OC(=O)[N+]1(B(O)O)C=Cc2ccncc21. The molecule has 2 N–H and O–H groups in total. The molecule has 2 heterocycles. The summed E-state index contributed by atoms with van der Waals surface area (Å²) in [7, 11) is -1.95. The number of amides is 1. The van der Waals surface area contributed by atoms with Gasteiger partial charge in [-0.15, -0.1) is 0 Å². The van der Waals surface area contributed by atoms with Crippen molar-refractivity contribution in [1.82, 2.24) is 9.38 Å². The van der Waals surface area contributed by atoms with Gasteiger partial charge in [0.2, 0.25) is 0 Å². The second-order valence-corrected chi connectivity index (χ2v) is 5.35. The Morgan fingerprint density at radius 3 is 2.68 bits per heavy atom. The fourth-order valence-corrected chi connectivity index (χ4v) is 1.92. The van der Waals surface area contributed by atoms with E-state index in [1.54, 1.807) is 39.1 Å². The molecule has 0 spiro atoms. The normalized spacial score (nSPS) is 21.1. The molecule has 100 valence electrons. The van der Waals surface area contributed by atoms with E-state index in [9.17, 15) is 14.8 Å². The van der Waals surface area contributed by atoms with Crippen LogP contribution in [0.15, 0.2) is 24.7 Å². The number of ether oxygens (including phenoxy) is 1. The van der Waals surface area contributed by atoms with Crippen molar-refractivity contribution in [3.63, 3.8) is 0 Å². The number of hydrogen-bond donors (Lipinski definition) is 2. The monoisotopic (exact) mass is 263 g/mol. The van der Waals surface area contributed by atoms with Crippen LogP contribution in [0.4, 0.5) is 10.5 Å². The first-order chi connectivity index (χ1) is 8.77. The minimum atomic E-state index is -1.95. The van der Waals surface area contributed by atoms with Gasteiger partial charge in [-0.05, 0) is 26.8 Å². The molecule has 2 rings (SSSR count). The van der Waals surface area contributed by atoms with Crippen molar-refractivity contribution < 1.29 is 19.6 Å². The second kappa shape index (κ2) is 4.45. The number of nitrogens with zero attached hydrogens (tertiary/aromatic N) is 2. The molecular weight excluding hydrogens is 247 g/mol. The maximum absolute atomic E-state index is 12.3. The number of pyridine rings is 1. The van der Waals surface area contributed by atoms with Gasteiger partial charge < -0.3 is 14.8 Å². The zero-order chi connectivity index (χ0) is 14.3. The summed E-state index contributed by atoms with van der Waals surface area (Å²) in [5.74, 6) is 0. The van der Waals surface area contributed by atoms with Gasteiger partial charge in [-0.25, -0.2) is 0 Å². The van der Waals surface area contributed by atoms with E-state index in [1.165, 1.54) is 12.4 Å². The lowest BCUT2D eigenvalue weighted by Gasteiger charge is -2.30. The molecule has 6 nitrogen and oxygen atoms in total. The fourth-order valence-electron chi connectivity index (χ4n) is 1.92. The maximum Gasteiger partial charge on any atom is 0.775 e. The van der Waals surface area contributed by atoms with Gasteiger partial charge in [0, 0.05) is 17.8 Å². The van der Waals surface area contributed by atoms with E-state index in [2.05, 4.69) is 4.98 Å². The first-order valence-electron chi connectivity index (χ1n) is 5.89. The molecule has 0 aliphatic carbocycles. The quantitative estimate of drug-likeness (QED) is 0.746. The minimum absolute atomic E-state index is 0.381. The standard InChI is InChI=1S/C12H16BN2O4/c1-12(2,3)19-11(16)15(13(17)18)7-5-9-4-6-14-8-10(9)15/h4-8,17-18H,1-3H3/q+1. The Morgan fingerprint density at radius 1 is 1.42 bits per heavy atom. The fraction of sp³-hybridized carbons (Fsp3) is 0.333. The van der Waals surface area contributed by atoms with Crippen molar-refractivity contribution in [2.75, 3.05) is 0 Å². The van der Waals surface area contributed by atoms with Gasteiger partial charge in [-0.1, -0.05) is 0 Å². The van der Waals surface area contributed by atoms with Crippen LogP contribution >= 0.6 is 0 Å². The van der Waals surface area contributed by atoms with Crippen LogP contribution in [0.5, 0.6) is 0 Å². The molecule has 0 aromatic carbocycles. The summed E-state index contributed by atoms with van der Waals surface area (Å²) in [6.45, 7) is 5.15. The maximum atomic E-state index is 12.3. The van der Waals surface area contributed by atoms with Gasteiger partial charge in [0.1, 0.15) is 5.60 Å². The summed E-state index contributed by atoms with van der Waals surface area (Å²) in [5, 5.41) is 19.3. The van der Waals surface area contributed by atoms with E-state index >= 15 is 0 Å². The largest absolute Gasteiger partial charge is 0.775 e. The Hall–Kier alpha value is -1.70. The zero-order valence-electron chi connectivity index (χ0n) is 11.1. The van der Waals surface area contributed by atoms with Crippen molar-refractivity contribution in [3.8, 4) is 0 Å². The first-order valence-corrected chi connectivity index (χ1v) is 5.89. The lowest BCUT2D eigenvalue weighted by atomic mass is 10.0. The van der Waals surface area contributed by atoms with Crippen LogP contribution in [-0.2, 0) is 4.74 Å². The summed E-state index contributed by atoms with van der Waals surface area (Å²) < 4.78 is 4.46. The number of quaternary nitrogens is 1. The van der Waals surface area contributed by atoms with Crippen LogP contribution in [-0.4, -0.2) is 34.0 Å². The van der Waals surface area contributed by atoms with Crippen LogP contribution < -0.4 is 4.39 Å². The Bertz CT molecular complexity index is 539. The van der Waals surface area contributed by atoms with E-state index in [4.69, 9.17) is 4.74 Å². The highest BCUT2D eigenvalue weighted by molar-refractivity contribution is 6.50. The molecule has 1 unspecified atom stereocenters. The molecule has 0 saturated carbocycles. The van der Waals surface area contributed by atoms with Crippen LogP contribution in [0.25, 0.3) is 6.08 Å². The van der Waals surface area contributed by atoms with Gasteiger partial charge >= 0.3 is 13.3 Å². The number of fused-ring (bicyclic) bond motifs is 1. The number of carbonyl (C=O) groups is 1. The average molecular weight is 263 g/mol. The Balaban J connectivity index is 2.48. The molecule has 19 heavy (non-hydrogen) atoms. The van der Waals surface area contributed by atoms with Crippen molar-refractivity contribution in [3.05, 3.63) is 30.2 Å². The summed E-state index contributed by atoms with van der Waals surface area (Å²) >= 11 is 0.